The zero-order valence-corrected chi connectivity index (χ0v) is 14.4. The summed E-state index contributed by atoms with van der Waals surface area (Å²) in [7, 11) is 0. The van der Waals surface area contributed by atoms with Crippen LogP contribution >= 0.6 is 0 Å². The minimum Gasteiger partial charge on any atom is -0.394 e. The van der Waals surface area contributed by atoms with Crippen LogP contribution < -0.4 is 0 Å². The zero-order valence-electron chi connectivity index (χ0n) is 14.4. The molecule has 0 rings (SSSR count). The summed E-state index contributed by atoms with van der Waals surface area (Å²) in [6.45, 7) is 1.73. The zero-order chi connectivity index (χ0) is 16.6. The van der Waals surface area contributed by atoms with E-state index in [0.29, 0.717) is 6.42 Å². The molecule has 0 aromatic rings. The van der Waals surface area contributed by atoms with Gasteiger partial charge in [-0.2, -0.15) is 0 Å². The van der Waals surface area contributed by atoms with Crippen molar-refractivity contribution in [1.82, 2.24) is 0 Å². The van der Waals surface area contributed by atoms with E-state index in [-0.39, 0.29) is 0 Å². The number of rotatable bonds is 16. The number of aliphatic hydroxyl groups excluding tert-OH is 4. The summed E-state index contributed by atoms with van der Waals surface area (Å²) in [4.78, 5) is 0. The van der Waals surface area contributed by atoms with Crippen molar-refractivity contribution >= 4 is 0 Å². The fraction of sp³-hybridized carbons (Fsp3) is 1.00. The molecule has 4 nitrogen and oxygen atoms in total. The van der Waals surface area contributed by atoms with Gasteiger partial charge in [-0.1, -0.05) is 84.0 Å². The SMILES string of the molecule is CCCCCCCCCCCCCC[C@H](O)[C@H](O)[C@@H](O)CO. The summed E-state index contributed by atoms with van der Waals surface area (Å²) >= 11 is 0. The lowest BCUT2D eigenvalue weighted by Gasteiger charge is -2.21. The first-order valence-corrected chi connectivity index (χ1v) is 9.28. The Bertz CT molecular complexity index is 223. The fourth-order valence-electron chi connectivity index (χ4n) is 2.73. The largest absolute Gasteiger partial charge is 0.394 e. The van der Waals surface area contributed by atoms with E-state index < -0.39 is 24.9 Å². The Hall–Kier alpha value is -0.160. The van der Waals surface area contributed by atoms with Crippen molar-refractivity contribution < 1.29 is 20.4 Å². The molecule has 0 aliphatic carbocycles. The normalized spacial score (nSPS) is 15.7. The third kappa shape index (κ3) is 12.4. The van der Waals surface area contributed by atoms with Crippen LogP contribution in [-0.2, 0) is 0 Å². The Morgan fingerprint density at radius 1 is 0.591 bits per heavy atom. The molecule has 0 aromatic carbocycles. The Morgan fingerprint density at radius 2 is 1.00 bits per heavy atom. The second-order valence-corrected chi connectivity index (χ2v) is 6.49. The van der Waals surface area contributed by atoms with Gasteiger partial charge in [-0.3, -0.25) is 0 Å². The average Bonchev–Trinajstić information content (AvgIpc) is 2.54. The van der Waals surface area contributed by atoms with E-state index >= 15 is 0 Å². The van der Waals surface area contributed by atoms with Crippen molar-refractivity contribution in [3.63, 3.8) is 0 Å². The summed E-state index contributed by atoms with van der Waals surface area (Å²) in [6.07, 6.45) is 12.2. The van der Waals surface area contributed by atoms with E-state index in [1.807, 2.05) is 0 Å². The van der Waals surface area contributed by atoms with Crippen LogP contribution in [0.15, 0.2) is 0 Å². The predicted octanol–water partition coefficient (Wildman–Crippen LogP) is 3.15. The molecule has 0 saturated carbocycles. The minimum absolute atomic E-state index is 0.482. The van der Waals surface area contributed by atoms with E-state index in [4.69, 9.17) is 5.11 Å². The van der Waals surface area contributed by atoms with Crippen LogP contribution in [0.4, 0.5) is 0 Å². The molecule has 4 N–H and O–H groups in total. The lowest BCUT2D eigenvalue weighted by Crippen LogP contribution is -2.39. The van der Waals surface area contributed by atoms with Gasteiger partial charge < -0.3 is 20.4 Å². The molecule has 0 heterocycles. The molecule has 0 spiro atoms. The highest BCUT2D eigenvalue weighted by atomic mass is 16.4. The molecule has 0 aliphatic heterocycles. The van der Waals surface area contributed by atoms with E-state index in [1.54, 1.807) is 0 Å². The van der Waals surface area contributed by atoms with Crippen molar-refractivity contribution in [2.24, 2.45) is 0 Å². The Kier molecular flexibility index (Phi) is 15.6. The molecule has 0 aromatic heterocycles. The fourth-order valence-corrected chi connectivity index (χ4v) is 2.73. The van der Waals surface area contributed by atoms with Crippen LogP contribution in [0.1, 0.15) is 90.4 Å². The van der Waals surface area contributed by atoms with Crippen LogP contribution in [0.5, 0.6) is 0 Å². The highest BCUT2D eigenvalue weighted by molar-refractivity contribution is 4.74. The lowest BCUT2D eigenvalue weighted by atomic mass is 10.0. The lowest BCUT2D eigenvalue weighted by molar-refractivity contribution is -0.0787. The molecule has 4 heteroatoms. The minimum atomic E-state index is -1.24. The summed E-state index contributed by atoms with van der Waals surface area (Å²) < 4.78 is 0. The monoisotopic (exact) mass is 318 g/mol. The van der Waals surface area contributed by atoms with Crippen LogP contribution in [0, 0.1) is 0 Å². The Balaban J connectivity index is 3.26. The van der Waals surface area contributed by atoms with Gasteiger partial charge in [0.25, 0.3) is 0 Å². The van der Waals surface area contributed by atoms with Gasteiger partial charge in [0.15, 0.2) is 0 Å². The number of hydrogen-bond donors (Lipinski definition) is 4. The second kappa shape index (κ2) is 15.7. The Labute approximate surface area is 136 Å². The predicted molar refractivity (Wildman–Crippen MR) is 90.8 cm³/mol. The number of hydrogen-bond acceptors (Lipinski definition) is 4. The van der Waals surface area contributed by atoms with Gasteiger partial charge >= 0.3 is 0 Å². The topological polar surface area (TPSA) is 80.9 Å². The number of aliphatic hydroxyl groups is 4. The van der Waals surface area contributed by atoms with Gasteiger partial charge in [0, 0.05) is 0 Å². The quantitative estimate of drug-likeness (QED) is 0.330. The maximum absolute atomic E-state index is 9.66. The smallest absolute Gasteiger partial charge is 0.108 e. The summed E-state index contributed by atoms with van der Waals surface area (Å²) in [5.74, 6) is 0. The van der Waals surface area contributed by atoms with Crippen molar-refractivity contribution in [2.45, 2.75) is 109 Å². The van der Waals surface area contributed by atoms with Gasteiger partial charge in [0.05, 0.1) is 12.7 Å². The summed E-state index contributed by atoms with van der Waals surface area (Å²) in [5, 5.41) is 37.1. The van der Waals surface area contributed by atoms with Crippen molar-refractivity contribution in [3.05, 3.63) is 0 Å². The first-order chi connectivity index (χ1) is 10.6. The van der Waals surface area contributed by atoms with Gasteiger partial charge in [-0.25, -0.2) is 0 Å². The molecular weight excluding hydrogens is 280 g/mol. The van der Waals surface area contributed by atoms with Gasteiger partial charge in [-0.05, 0) is 6.42 Å². The molecule has 0 amide bonds. The molecule has 0 unspecified atom stereocenters. The molecule has 0 aliphatic rings. The molecule has 0 radical (unpaired) electrons. The summed E-state index contributed by atoms with van der Waals surface area (Å²) in [6, 6.07) is 0. The van der Waals surface area contributed by atoms with Crippen molar-refractivity contribution in [2.75, 3.05) is 6.61 Å². The number of unbranched alkanes of at least 4 members (excludes halogenated alkanes) is 11. The van der Waals surface area contributed by atoms with Crippen molar-refractivity contribution in [3.8, 4) is 0 Å². The van der Waals surface area contributed by atoms with Crippen LogP contribution in [-0.4, -0.2) is 45.3 Å². The molecule has 0 bridgehead atoms. The van der Waals surface area contributed by atoms with E-state index in [2.05, 4.69) is 6.92 Å². The van der Waals surface area contributed by atoms with E-state index in [9.17, 15) is 15.3 Å². The van der Waals surface area contributed by atoms with Crippen molar-refractivity contribution in [1.29, 1.82) is 0 Å². The third-order valence-electron chi connectivity index (χ3n) is 4.33. The second-order valence-electron chi connectivity index (χ2n) is 6.49. The maximum atomic E-state index is 9.66. The highest BCUT2D eigenvalue weighted by Gasteiger charge is 2.23. The molecule has 134 valence electrons. The third-order valence-corrected chi connectivity index (χ3v) is 4.33. The van der Waals surface area contributed by atoms with E-state index in [0.717, 1.165) is 12.8 Å². The van der Waals surface area contributed by atoms with Gasteiger partial charge in [0.1, 0.15) is 12.2 Å². The molecule has 0 saturated heterocycles. The molecule has 22 heavy (non-hydrogen) atoms. The standard InChI is InChI=1S/C18H38O4/c1-2-3-4-5-6-7-8-9-10-11-12-13-14-16(20)18(22)17(21)15-19/h16-22H,2-15H2,1H3/t16-,17-,18-/m0/s1. The van der Waals surface area contributed by atoms with E-state index in [1.165, 1.54) is 64.2 Å². The van der Waals surface area contributed by atoms with Crippen LogP contribution in [0.2, 0.25) is 0 Å². The molecular formula is C18H38O4. The molecule has 3 atom stereocenters. The average molecular weight is 318 g/mol. The highest BCUT2D eigenvalue weighted by Crippen LogP contribution is 2.14. The molecule has 0 fully saturated rings. The van der Waals surface area contributed by atoms with Crippen LogP contribution in [0.25, 0.3) is 0 Å². The van der Waals surface area contributed by atoms with Crippen LogP contribution in [0.3, 0.4) is 0 Å². The summed E-state index contributed by atoms with van der Waals surface area (Å²) in [5.41, 5.74) is 0. The first-order valence-electron chi connectivity index (χ1n) is 9.28. The first kappa shape index (κ1) is 21.8. The maximum Gasteiger partial charge on any atom is 0.108 e. The van der Waals surface area contributed by atoms with Gasteiger partial charge in [0.2, 0.25) is 0 Å². The van der Waals surface area contributed by atoms with Gasteiger partial charge in [-0.15, -0.1) is 0 Å². The Morgan fingerprint density at radius 3 is 1.41 bits per heavy atom.